The Morgan fingerprint density at radius 1 is 0.600 bits per heavy atom. The largest absolute Gasteiger partial charge is 5.00 e. The second-order valence-electron chi connectivity index (χ2n) is 0. The Balaban J connectivity index is 0. The van der Waals surface area contributed by atoms with Gasteiger partial charge < -0.3 is 18.5 Å². The van der Waals surface area contributed by atoms with E-state index in [1.807, 2.05) is 0 Å². The second-order valence-corrected chi connectivity index (χ2v) is 0. The van der Waals surface area contributed by atoms with Crippen LogP contribution in [0.25, 0.3) is 18.5 Å². The number of rotatable bonds is 0. The molecule has 0 unspecified atom stereocenters. The van der Waals surface area contributed by atoms with Crippen molar-refractivity contribution in [1.29, 1.82) is 0 Å². The molecule has 5 heavy (non-hydrogen) atoms. The van der Waals surface area contributed by atoms with Crippen LogP contribution < -0.4 is 0 Å². The van der Waals surface area contributed by atoms with E-state index in [2.05, 4.69) is 0 Å². The van der Waals surface area contributed by atoms with E-state index < -0.39 is 0 Å². The molecule has 0 bridgehead atoms. The van der Waals surface area contributed by atoms with Crippen LogP contribution in [0.15, 0.2) is 0 Å². The fourth-order valence-corrected chi connectivity index (χ4v) is 0. The van der Waals surface area contributed by atoms with Gasteiger partial charge in [-0.3, -0.25) is 0 Å². The smallest absolute Gasteiger partial charge is 3.00 e. The van der Waals surface area contributed by atoms with Crippen molar-refractivity contribution in [2.75, 3.05) is 0 Å². The summed E-state index contributed by atoms with van der Waals surface area (Å²) in [6, 6.07) is 0. The maximum atomic E-state index is 0. The summed E-state index contributed by atoms with van der Waals surface area (Å²) in [7, 11) is 0. The van der Waals surface area contributed by atoms with Crippen LogP contribution >= 0.6 is 0 Å². The molecule has 0 amide bonds. The van der Waals surface area contributed by atoms with Crippen molar-refractivity contribution in [3.63, 3.8) is 0 Å². The molecule has 0 atom stereocenters. The fourth-order valence-electron chi connectivity index (χ4n) is 0. The molecule has 0 aromatic rings. The van der Waals surface area contributed by atoms with E-state index in [9.17, 15) is 0 Å². The Morgan fingerprint density at radius 3 is 0.600 bits per heavy atom. The molecule has 3 nitrogen and oxygen atoms in total. The van der Waals surface area contributed by atoms with Crippen molar-refractivity contribution < 1.29 is 48.6 Å². The monoisotopic (exact) mass is 313 g/mol. The molecular formula is N3TaZr. The molecule has 0 fully saturated rings. The van der Waals surface area contributed by atoms with Crippen molar-refractivity contribution in [3.05, 3.63) is 18.5 Å². The summed E-state index contributed by atoms with van der Waals surface area (Å²) >= 11 is 0. The Morgan fingerprint density at radius 2 is 0.600 bits per heavy atom. The quantitative estimate of drug-likeness (QED) is 0.634. The van der Waals surface area contributed by atoms with Gasteiger partial charge >= 0.3 is 48.6 Å². The van der Waals surface area contributed by atoms with Gasteiger partial charge in [-0.05, 0) is 0 Å². The third-order valence-corrected chi connectivity index (χ3v) is 0. The number of hydrogen-bond acceptors (Lipinski definition) is 0. The summed E-state index contributed by atoms with van der Waals surface area (Å²) in [5.41, 5.74) is 0. The first-order chi connectivity index (χ1) is 0. The molecule has 0 saturated carbocycles. The maximum Gasteiger partial charge on any atom is 5.00 e. The van der Waals surface area contributed by atoms with E-state index >= 15 is 0 Å². The van der Waals surface area contributed by atoms with Crippen molar-refractivity contribution in [1.82, 2.24) is 0 Å². The average Bonchev–Trinajstić information content (AvgIpc) is 0. The minimum Gasteiger partial charge on any atom is -3.00 e. The van der Waals surface area contributed by atoms with Gasteiger partial charge in [0.15, 0.2) is 0 Å². The van der Waals surface area contributed by atoms with E-state index in [1.165, 1.54) is 0 Å². The van der Waals surface area contributed by atoms with Gasteiger partial charge in [0.05, 0.1) is 0 Å². The summed E-state index contributed by atoms with van der Waals surface area (Å²) in [6.07, 6.45) is 0. The van der Waals surface area contributed by atoms with Crippen molar-refractivity contribution in [2.24, 2.45) is 0 Å². The average molecular weight is 314 g/mol. The molecule has 0 saturated heterocycles. The summed E-state index contributed by atoms with van der Waals surface area (Å²) < 4.78 is 0. The summed E-state index contributed by atoms with van der Waals surface area (Å²) in [5, 5.41) is 0. The van der Waals surface area contributed by atoms with Gasteiger partial charge in [0.1, 0.15) is 0 Å². The van der Waals surface area contributed by atoms with Gasteiger partial charge in [-0.1, -0.05) is 0 Å². The first kappa shape index (κ1) is 87.1. The van der Waals surface area contributed by atoms with Crippen molar-refractivity contribution in [3.8, 4) is 0 Å². The summed E-state index contributed by atoms with van der Waals surface area (Å²) in [4.78, 5) is 0. The van der Waals surface area contributed by atoms with Crippen LogP contribution in [0.5, 0.6) is 0 Å². The summed E-state index contributed by atoms with van der Waals surface area (Å²) in [5.74, 6) is 0. The molecule has 24 valence electrons. The molecule has 5 heteroatoms. The van der Waals surface area contributed by atoms with Crippen LogP contribution in [0.1, 0.15) is 0 Å². The van der Waals surface area contributed by atoms with Crippen LogP contribution in [-0.4, -0.2) is 0 Å². The molecule has 0 aliphatic carbocycles. The maximum absolute atomic E-state index is 0. The minimum atomic E-state index is 0. The van der Waals surface area contributed by atoms with Crippen molar-refractivity contribution >= 4 is 0 Å². The predicted octanol–water partition coefficient (Wildman–Crippen LogP) is 0.861. The predicted molar refractivity (Wildman–Crippen MR) is 10.1 cm³/mol. The fraction of sp³-hybridized carbons (Fsp3) is 0. The van der Waals surface area contributed by atoms with E-state index in [0.29, 0.717) is 0 Å². The second kappa shape index (κ2) is 49.4. The molecule has 0 N–H and O–H groups in total. The van der Waals surface area contributed by atoms with Gasteiger partial charge in [0, 0.05) is 0 Å². The molecular weight excluding hydrogens is 314 g/mol. The number of hydrogen-bond donors (Lipinski definition) is 0. The van der Waals surface area contributed by atoms with Gasteiger partial charge in [-0.15, -0.1) is 0 Å². The van der Waals surface area contributed by atoms with E-state index in [-0.39, 0.29) is 67.0 Å². The zero-order valence-corrected chi connectivity index (χ0v) is 7.96. The van der Waals surface area contributed by atoms with Gasteiger partial charge in [-0.2, -0.15) is 0 Å². The molecule has 0 aromatic heterocycles. The standard InChI is InChI=1S/3N.Ta.Zr/q3*-3;+5;+4. The number of nitrogens with zero attached hydrogens (tertiary/aromatic N) is 3. The zero-order valence-electron chi connectivity index (χ0n) is 2.29. The Labute approximate surface area is 66.7 Å². The molecule has 0 aliphatic rings. The van der Waals surface area contributed by atoms with Crippen LogP contribution in [-0.2, 0) is 48.6 Å². The zero-order chi connectivity index (χ0) is 0. The minimum absolute atomic E-state index is 0. The van der Waals surface area contributed by atoms with Gasteiger partial charge in [0.2, 0.25) is 0 Å². The molecule has 0 heterocycles. The molecule has 0 radical (unpaired) electrons. The van der Waals surface area contributed by atoms with Crippen LogP contribution in [0.3, 0.4) is 0 Å². The van der Waals surface area contributed by atoms with Gasteiger partial charge in [-0.25, -0.2) is 0 Å². The first-order valence-electron chi connectivity index (χ1n) is 0. The topological polar surface area (TPSA) is 91.5 Å². The van der Waals surface area contributed by atoms with E-state index in [1.54, 1.807) is 0 Å². The van der Waals surface area contributed by atoms with Crippen LogP contribution in [0, 0.1) is 0 Å². The van der Waals surface area contributed by atoms with Gasteiger partial charge in [0.25, 0.3) is 0 Å². The van der Waals surface area contributed by atoms with Crippen molar-refractivity contribution in [2.45, 2.75) is 0 Å². The SMILES string of the molecule is [N-3].[N-3].[N-3].[Ta+5].[Zr+4]. The first-order valence-corrected chi connectivity index (χ1v) is 0. The third-order valence-electron chi connectivity index (χ3n) is 0. The third kappa shape index (κ3) is 29.9. The van der Waals surface area contributed by atoms with E-state index in [0.717, 1.165) is 0 Å². The van der Waals surface area contributed by atoms with E-state index in [4.69, 9.17) is 0 Å². The summed E-state index contributed by atoms with van der Waals surface area (Å²) in [6.45, 7) is 0. The Bertz CT molecular complexity index is 6.85. The molecule has 0 aliphatic heterocycles. The normalized spacial score (nSPS) is 0. The molecule has 0 rings (SSSR count). The van der Waals surface area contributed by atoms with Crippen LogP contribution in [0.2, 0.25) is 0 Å². The molecule has 0 aromatic carbocycles. The Kier molecular flexibility index (Phi) is 861. The van der Waals surface area contributed by atoms with Crippen LogP contribution in [0.4, 0.5) is 0 Å². The Hall–Kier alpha value is 1.50. The molecule has 0 spiro atoms.